The summed E-state index contributed by atoms with van der Waals surface area (Å²) >= 11 is 0. The van der Waals surface area contributed by atoms with Crippen LogP contribution < -0.4 is 0 Å². The SMILES string of the molecule is Cc1cc(C(C#N)N2CCCCC2)cc(C)c1O. The molecule has 1 unspecified atom stereocenters. The lowest BCUT2D eigenvalue weighted by Gasteiger charge is -2.31. The van der Waals surface area contributed by atoms with Gasteiger partial charge >= 0.3 is 0 Å². The van der Waals surface area contributed by atoms with Gasteiger partial charge in [-0.05, 0) is 68.6 Å². The fourth-order valence-electron chi connectivity index (χ4n) is 2.69. The molecule has 18 heavy (non-hydrogen) atoms. The van der Waals surface area contributed by atoms with Gasteiger partial charge in [0.2, 0.25) is 0 Å². The van der Waals surface area contributed by atoms with Crippen molar-refractivity contribution in [2.45, 2.75) is 39.2 Å². The van der Waals surface area contributed by atoms with Crippen LogP contribution in [-0.4, -0.2) is 23.1 Å². The minimum absolute atomic E-state index is 0.178. The molecule has 1 fully saturated rings. The third-order valence-corrected chi connectivity index (χ3v) is 3.71. The molecule has 0 amide bonds. The predicted octanol–water partition coefficient (Wildman–Crippen LogP) is 3.06. The first-order valence-electron chi connectivity index (χ1n) is 6.57. The highest BCUT2D eigenvalue weighted by molar-refractivity contribution is 5.44. The van der Waals surface area contributed by atoms with Crippen LogP contribution in [0.2, 0.25) is 0 Å². The van der Waals surface area contributed by atoms with Gasteiger partial charge in [0.05, 0.1) is 6.07 Å². The topological polar surface area (TPSA) is 47.3 Å². The van der Waals surface area contributed by atoms with Gasteiger partial charge in [-0.25, -0.2) is 0 Å². The standard InChI is InChI=1S/C15H20N2O/c1-11-8-13(9-12(2)15(11)18)14(10-16)17-6-4-3-5-7-17/h8-9,14,18H,3-7H2,1-2H3. The molecule has 1 aliphatic heterocycles. The Bertz CT molecular complexity index is 447. The Morgan fingerprint density at radius 3 is 2.22 bits per heavy atom. The maximum absolute atomic E-state index is 9.80. The van der Waals surface area contributed by atoms with Crippen LogP contribution in [-0.2, 0) is 0 Å². The van der Waals surface area contributed by atoms with Crippen molar-refractivity contribution >= 4 is 0 Å². The highest BCUT2D eigenvalue weighted by Gasteiger charge is 2.22. The van der Waals surface area contributed by atoms with Crippen LogP contribution in [0.15, 0.2) is 12.1 Å². The van der Waals surface area contributed by atoms with Gasteiger partial charge in [0.25, 0.3) is 0 Å². The number of piperidine rings is 1. The van der Waals surface area contributed by atoms with E-state index in [9.17, 15) is 10.4 Å². The number of phenols is 1. The van der Waals surface area contributed by atoms with E-state index in [0.717, 1.165) is 29.8 Å². The number of benzene rings is 1. The molecule has 1 atom stereocenters. The van der Waals surface area contributed by atoms with Crippen LogP contribution in [0.4, 0.5) is 0 Å². The Morgan fingerprint density at radius 2 is 1.72 bits per heavy atom. The van der Waals surface area contributed by atoms with Crippen LogP contribution in [0.1, 0.15) is 42.0 Å². The van der Waals surface area contributed by atoms with Crippen molar-refractivity contribution in [2.24, 2.45) is 0 Å². The second-order valence-corrected chi connectivity index (χ2v) is 5.13. The molecular formula is C15H20N2O. The Kier molecular flexibility index (Phi) is 3.88. The van der Waals surface area contributed by atoms with Gasteiger partial charge in [0, 0.05) is 0 Å². The minimum atomic E-state index is -0.178. The maximum atomic E-state index is 9.80. The Labute approximate surface area is 109 Å². The van der Waals surface area contributed by atoms with Crippen molar-refractivity contribution in [3.63, 3.8) is 0 Å². The highest BCUT2D eigenvalue weighted by atomic mass is 16.3. The minimum Gasteiger partial charge on any atom is -0.507 e. The van der Waals surface area contributed by atoms with Crippen molar-refractivity contribution in [1.82, 2.24) is 4.90 Å². The molecule has 0 radical (unpaired) electrons. The summed E-state index contributed by atoms with van der Waals surface area (Å²) in [6.45, 7) is 5.77. The fraction of sp³-hybridized carbons (Fsp3) is 0.533. The molecule has 1 aromatic carbocycles. The number of phenolic OH excluding ortho intramolecular Hbond substituents is 1. The number of hydrogen-bond donors (Lipinski definition) is 1. The van der Waals surface area contributed by atoms with Gasteiger partial charge < -0.3 is 5.11 Å². The normalized spacial score (nSPS) is 18.3. The van der Waals surface area contributed by atoms with E-state index in [1.54, 1.807) is 0 Å². The van der Waals surface area contributed by atoms with Crippen LogP contribution in [0.5, 0.6) is 5.75 Å². The summed E-state index contributed by atoms with van der Waals surface area (Å²) in [5, 5.41) is 19.2. The van der Waals surface area contributed by atoms with Crippen molar-refractivity contribution in [2.75, 3.05) is 13.1 Å². The molecule has 1 aromatic rings. The van der Waals surface area contributed by atoms with Crippen molar-refractivity contribution in [3.8, 4) is 11.8 Å². The molecule has 0 spiro atoms. The second kappa shape index (κ2) is 5.41. The molecule has 1 saturated heterocycles. The summed E-state index contributed by atoms with van der Waals surface area (Å²) < 4.78 is 0. The monoisotopic (exact) mass is 244 g/mol. The lowest BCUT2D eigenvalue weighted by molar-refractivity contribution is 0.196. The molecule has 1 heterocycles. The zero-order valence-corrected chi connectivity index (χ0v) is 11.1. The van der Waals surface area contributed by atoms with Crippen LogP contribution in [0.25, 0.3) is 0 Å². The number of aryl methyl sites for hydroxylation is 2. The summed E-state index contributed by atoms with van der Waals surface area (Å²) in [5.41, 5.74) is 2.71. The largest absolute Gasteiger partial charge is 0.507 e. The molecule has 2 rings (SSSR count). The van der Waals surface area contributed by atoms with Gasteiger partial charge in [-0.3, -0.25) is 4.90 Å². The number of likely N-dealkylation sites (tertiary alicyclic amines) is 1. The van der Waals surface area contributed by atoms with Gasteiger partial charge in [0.15, 0.2) is 0 Å². The van der Waals surface area contributed by atoms with E-state index < -0.39 is 0 Å². The molecule has 1 aliphatic rings. The predicted molar refractivity (Wildman–Crippen MR) is 71.4 cm³/mol. The number of rotatable bonds is 2. The lowest BCUT2D eigenvalue weighted by atomic mass is 9.98. The van der Waals surface area contributed by atoms with Gasteiger partial charge in [0.1, 0.15) is 11.8 Å². The summed E-state index contributed by atoms with van der Waals surface area (Å²) in [4.78, 5) is 2.24. The van der Waals surface area contributed by atoms with Gasteiger partial charge in [-0.1, -0.05) is 6.42 Å². The van der Waals surface area contributed by atoms with E-state index in [1.807, 2.05) is 26.0 Å². The average Bonchev–Trinajstić information content (AvgIpc) is 2.38. The number of nitriles is 1. The summed E-state index contributed by atoms with van der Waals surface area (Å²) in [6.07, 6.45) is 3.62. The Morgan fingerprint density at radius 1 is 1.17 bits per heavy atom. The summed E-state index contributed by atoms with van der Waals surface area (Å²) in [5.74, 6) is 0.342. The second-order valence-electron chi connectivity index (χ2n) is 5.13. The lowest BCUT2D eigenvalue weighted by Crippen LogP contribution is -2.33. The van der Waals surface area contributed by atoms with E-state index in [0.29, 0.717) is 5.75 Å². The van der Waals surface area contributed by atoms with Gasteiger partial charge in [-0.15, -0.1) is 0 Å². The molecule has 3 heteroatoms. The fourth-order valence-corrected chi connectivity index (χ4v) is 2.69. The first-order valence-corrected chi connectivity index (χ1v) is 6.57. The third-order valence-electron chi connectivity index (χ3n) is 3.71. The van der Waals surface area contributed by atoms with Crippen LogP contribution in [0.3, 0.4) is 0 Å². The molecule has 1 N–H and O–H groups in total. The van der Waals surface area contributed by atoms with E-state index >= 15 is 0 Å². The number of nitrogens with zero attached hydrogens (tertiary/aromatic N) is 2. The number of hydrogen-bond acceptors (Lipinski definition) is 3. The quantitative estimate of drug-likeness (QED) is 0.869. The highest BCUT2D eigenvalue weighted by Crippen LogP contribution is 2.30. The maximum Gasteiger partial charge on any atom is 0.123 e. The summed E-state index contributed by atoms with van der Waals surface area (Å²) in [7, 11) is 0. The van der Waals surface area contributed by atoms with Crippen LogP contribution in [0, 0.1) is 25.2 Å². The smallest absolute Gasteiger partial charge is 0.123 e. The first-order chi connectivity index (χ1) is 8.63. The van der Waals surface area contributed by atoms with Gasteiger partial charge in [-0.2, -0.15) is 5.26 Å². The number of aromatic hydroxyl groups is 1. The first kappa shape index (κ1) is 12.9. The summed E-state index contributed by atoms with van der Waals surface area (Å²) in [6, 6.07) is 6.10. The zero-order chi connectivity index (χ0) is 13.1. The molecular weight excluding hydrogens is 224 g/mol. The molecule has 0 aromatic heterocycles. The third kappa shape index (κ3) is 2.49. The molecule has 3 nitrogen and oxygen atoms in total. The molecule has 96 valence electrons. The zero-order valence-electron chi connectivity index (χ0n) is 11.1. The van der Waals surface area contributed by atoms with Crippen molar-refractivity contribution < 1.29 is 5.11 Å². The molecule has 0 aliphatic carbocycles. The van der Waals surface area contributed by atoms with Crippen molar-refractivity contribution in [1.29, 1.82) is 5.26 Å². The molecule has 0 saturated carbocycles. The average molecular weight is 244 g/mol. The van der Waals surface area contributed by atoms with Crippen molar-refractivity contribution in [3.05, 3.63) is 28.8 Å². The van der Waals surface area contributed by atoms with E-state index in [-0.39, 0.29) is 6.04 Å². The van der Waals surface area contributed by atoms with E-state index in [4.69, 9.17) is 0 Å². The van der Waals surface area contributed by atoms with Crippen LogP contribution >= 0.6 is 0 Å². The van der Waals surface area contributed by atoms with E-state index in [2.05, 4.69) is 11.0 Å². The Hall–Kier alpha value is -1.53. The Balaban J connectivity index is 2.30. The molecule has 0 bridgehead atoms. The van der Waals surface area contributed by atoms with E-state index in [1.165, 1.54) is 19.3 Å².